The molecule has 1 fully saturated rings. The smallest absolute Gasteiger partial charge is 0.333 e. The molecule has 0 aliphatic heterocycles. The Morgan fingerprint density at radius 3 is 2.64 bits per heavy atom. The highest BCUT2D eigenvalue weighted by molar-refractivity contribution is 5.88. The van der Waals surface area contributed by atoms with Gasteiger partial charge in [-0.2, -0.15) is 0 Å². The second-order valence-electron chi connectivity index (χ2n) is 3.98. The zero-order chi connectivity index (χ0) is 10.4. The van der Waals surface area contributed by atoms with E-state index < -0.39 is 0 Å². The summed E-state index contributed by atoms with van der Waals surface area (Å²) < 4.78 is 4.76. The van der Waals surface area contributed by atoms with Gasteiger partial charge < -0.3 is 4.74 Å². The zero-order valence-corrected chi connectivity index (χ0v) is 9.21. The Hall–Kier alpha value is -0.790. The van der Waals surface area contributed by atoms with E-state index in [1.54, 1.807) is 0 Å². The van der Waals surface area contributed by atoms with Gasteiger partial charge in [-0.25, -0.2) is 4.79 Å². The van der Waals surface area contributed by atoms with Gasteiger partial charge >= 0.3 is 5.97 Å². The Morgan fingerprint density at radius 2 is 2.14 bits per heavy atom. The summed E-state index contributed by atoms with van der Waals surface area (Å²) in [6, 6.07) is 0. The van der Waals surface area contributed by atoms with Gasteiger partial charge in [-0.1, -0.05) is 25.8 Å². The number of hydrogen-bond donors (Lipinski definition) is 0. The van der Waals surface area contributed by atoms with Crippen LogP contribution in [0.3, 0.4) is 0 Å². The highest BCUT2D eigenvalue weighted by Crippen LogP contribution is 2.32. The molecule has 2 nitrogen and oxygen atoms in total. The van der Waals surface area contributed by atoms with Crippen molar-refractivity contribution in [3.8, 4) is 0 Å². The van der Waals surface area contributed by atoms with Gasteiger partial charge in [-0.15, -0.1) is 0 Å². The molecule has 0 aromatic rings. The molecule has 0 heterocycles. The van der Waals surface area contributed by atoms with Gasteiger partial charge in [0.1, 0.15) is 0 Å². The first-order valence-corrected chi connectivity index (χ1v) is 5.57. The fourth-order valence-electron chi connectivity index (χ4n) is 1.50. The van der Waals surface area contributed by atoms with E-state index in [2.05, 4.69) is 13.0 Å². The van der Waals surface area contributed by atoms with E-state index in [1.807, 2.05) is 0 Å². The minimum atomic E-state index is -0.131. The predicted molar refractivity (Wildman–Crippen MR) is 57.0 cm³/mol. The lowest BCUT2D eigenvalue weighted by atomic mass is 10.1. The van der Waals surface area contributed by atoms with E-state index >= 15 is 0 Å². The quantitative estimate of drug-likeness (QED) is 0.371. The van der Waals surface area contributed by atoms with E-state index in [-0.39, 0.29) is 5.97 Å². The molecule has 2 heteroatoms. The van der Waals surface area contributed by atoms with Gasteiger partial charge in [0.05, 0.1) is 7.11 Å². The van der Waals surface area contributed by atoms with E-state index in [1.165, 1.54) is 32.8 Å². The number of hydrogen-bond acceptors (Lipinski definition) is 2. The molecule has 1 rings (SSSR count). The standard InChI is InChI=1S/C12H20O2/c1-3-4-5-6-11(12(13)14-2)9-10-7-8-10/h9-10H,3-8H2,1-2H3/b11-9-. The molecule has 1 aliphatic rings. The van der Waals surface area contributed by atoms with Gasteiger partial charge in [0.2, 0.25) is 0 Å². The maximum absolute atomic E-state index is 11.4. The van der Waals surface area contributed by atoms with Crippen molar-refractivity contribution >= 4 is 5.97 Å². The third kappa shape index (κ3) is 3.95. The molecule has 0 amide bonds. The van der Waals surface area contributed by atoms with Gasteiger partial charge in [0.25, 0.3) is 0 Å². The van der Waals surface area contributed by atoms with Crippen LogP contribution in [0.5, 0.6) is 0 Å². The summed E-state index contributed by atoms with van der Waals surface area (Å²) in [7, 11) is 1.46. The van der Waals surface area contributed by atoms with Crippen LogP contribution in [0.15, 0.2) is 11.6 Å². The summed E-state index contributed by atoms with van der Waals surface area (Å²) in [5, 5.41) is 0. The van der Waals surface area contributed by atoms with Gasteiger partial charge in [0, 0.05) is 5.57 Å². The third-order valence-corrected chi connectivity index (χ3v) is 2.56. The van der Waals surface area contributed by atoms with Crippen molar-refractivity contribution in [1.82, 2.24) is 0 Å². The minimum absolute atomic E-state index is 0.131. The Bertz CT molecular complexity index is 214. The number of carbonyl (C=O) groups excluding carboxylic acids is 1. The Labute approximate surface area is 86.3 Å². The number of carbonyl (C=O) groups is 1. The van der Waals surface area contributed by atoms with Crippen molar-refractivity contribution in [3.05, 3.63) is 11.6 Å². The second kappa shape index (κ2) is 5.84. The van der Waals surface area contributed by atoms with E-state index in [4.69, 9.17) is 4.74 Å². The topological polar surface area (TPSA) is 26.3 Å². The summed E-state index contributed by atoms with van der Waals surface area (Å²) in [5.41, 5.74) is 0.892. The first kappa shape index (κ1) is 11.3. The monoisotopic (exact) mass is 196 g/mol. The Balaban J connectivity index is 2.39. The summed E-state index contributed by atoms with van der Waals surface area (Å²) in [6.45, 7) is 2.17. The number of rotatable bonds is 6. The van der Waals surface area contributed by atoms with Crippen molar-refractivity contribution in [2.75, 3.05) is 7.11 Å². The lowest BCUT2D eigenvalue weighted by molar-refractivity contribution is -0.136. The van der Waals surface area contributed by atoms with Crippen LogP contribution < -0.4 is 0 Å². The average Bonchev–Trinajstić information content (AvgIpc) is 2.99. The molecule has 0 atom stereocenters. The molecule has 0 radical (unpaired) electrons. The molecule has 0 aromatic carbocycles. The fraction of sp³-hybridized carbons (Fsp3) is 0.750. The molecule has 0 aromatic heterocycles. The maximum atomic E-state index is 11.4. The molecule has 1 aliphatic carbocycles. The molecule has 0 unspecified atom stereocenters. The van der Waals surface area contributed by atoms with Crippen molar-refractivity contribution in [1.29, 1.82) is 0 Å². The zero-order valence-electron chi connectivity index (χ0n) is 9.21. The van der Waals surface area contributed by atoms with Crippen molar-refractivity contribution in [2.45, 2.75) is 45.4 Å². The highest BCUT2D eigenvalue weighted by Gasteiger charge is 2.21. The summed E-state index contributed by atoms with van der Waals surface area (Å²) in [6.07, 6.45) is 8.97. The molecular weight excluding hydrogens is 176 g/mol. The molecule has 0 N–H and O–H groups in total. The predicted octanol–water partition coefficient (Wildman–Crippen LogP) is 3.08. The van der Waals surface area contributed by atoms with Crippen molar-refractivity contribution < 1.29 is 9.53 Å². The normalized spacial score (nSPS) is 16.9. The molecule has 0 saturated heterocycles. The maximum Gasteiger partial charge on any atom is 0.333 e. The molecule has 1 saturated carbocycles. The first-order chi connectivity index (χ1) is 6.77. The number of esters is 1. The van der Waals surface area contributed by atoms with Gasteiger partial charge in [-0.3, -0.25) is 0 Å². The molecular formula is C12H20O2. The van der Waals surface area contributed by atoms with Crippen LogP contribution in [0, 0.1) is 5.92 Å². The number of methoxy groups -OCH3 is 1. The van der Waals surface area contributed by atoms with E-state index in [0.29, 0.717) is 5.92 Å². The van der Waals surface area contributed by atoms with E-state index in [9.17, 15) is 4.79 Å². The van der Waals surface area contributed by atoms with E-state index in [0.717, 1.165) is 18.4 Å². The SMILES string of the molecule is CCCCC/C(=C/C1CC1)C(=O)OC. The number of ether oxygens (including phenoxy) is 1. The minimum Gasteiger partial charge on any atom is -0.466 e. The van der Waals surface area contributed by atoms with Crippen LogP contribution in [0.4, 0.5) is 0 Å². The lowest BCUT2D eigenvalue weighted by Crippen LogP contribution is -2.05. The highest BCUT2D eigenvalue weighted by atomic mass is 16.5. The average molecular weight is 196 g/mol. The van der Waals surface area contributed by atoms with Crippen LogP contribution in [0.1, 0.15) is 45.4 Å². The summed E-state index contributed by atoms with van der Waals surface area (Å²) >= 11 is 0. The molecule has 0 spiro atoms. The Morgan fingerprint density at radius 1 is 1.43 bits per heavy atom. The summed E-state index contributed by atoms with van der Waals surface area (Å²) in [4.78, 5) is 11.4. The number of unbranched alkanes of at least 4 members (excludes halogenated alkanes) is 2. The lowest BCUT2D eigenvalue weighted by Gasteiger charge is -2.04. The molecule has 14 heavy (non-hydrogen) atoms. The van der Waals surface area contributed by atoms with Crippen molar-refractivity contribution in [3.63, 3.8) is 0 Å². The second-order valence-corrected chi connectivity index (χ2v) is 3.98. The first-order valence-electron chi connectivity index (χ1n) is 5.57. The fourth-order valence-corrected chi connectivity index (χ4v) is 1.50. The van der Waals surface area contributed by atoms with Crippen molar-refractivity contribution in [2.24, 2.45) is 5.92 Å². The largest absolute Gasteiger partial charge is 0.466 e. The molecule has 80 valence electrons. The van der Waals surface area contributed by atoms with Crippen LogP contribution in [0.25, 0.3) is 0 Å². The number of allylic oxidation sites excluding steroid dienone is 1. The third-order valence-electron chi connectivity index (χ3n) is 2.56. The van der Waals surface area contributed by atoms with Gasteiger partial charge in [-0.05, 0) is 31.6 Å². The van der Waals surface area contributed by atoms with Crippen LogP contribution >= 0.6 is 0 Å². The summed E-state index contributed by atoms with van der Waals surface area (Å²) in [5.74, 6) is 0.527. The Kier molecular flexibility index (Phi) is 4.71. The van der Waals surface area contributed by atoms with Crippen LogP contribution in [-0.2, 0) is 9.53 Å². The van der Waals surface area contributed by atoms with Crippen LogP contribution in [-0.4, -0.2) is 13.1 Å². The van der Waals surface area contributed by atoms with Crippen LogP contribution in [0.2, 0.25) is 0 Å². The molecule has 0 bridgehead atoms. The van der Waals surface area contributed by atoms with Gasteiger partial charge in [0.15, 0.2) is 0 Å².